The van der Waals surface area contributed by atoms with Crippen molar-refractivity contribution in [2.24, 2.45) is 11.8 Å². The normalized spacial score (nSPS) is 26.1. The Kier molecular flexibility index (Phi) is 7.15. The van der Waals surface area contributed by atoms with Gasteiger partial charge in [0.05, 0.1) is 33.4 Å². The lowest BCUT2D eigenvalue weighted by Gasteiger charge is -2.31. The van der Waals surface area contributed by atoms with Crippen molar-refractivity contribution in [1.29, 1.82) is 0 Å². The van der Waals surface area contributed by atoms with E-state index in [1.54, 1.807) is 12.1 Å². The lowest BCUT2D eigenvalue weighted by atomic mass is 9.92. The molecule has 2 heterocycles. The van der Waals surface area contributed by atoms with Gasteiger partial charge in [-0.3, -0.25) is 4.79 Å². The van der Waals surface area contributed by atoms with E-state index in [4.69, 9.17) is 9.47 Å². The molecule has 2 atom stereocenters. The van der Waals surface area contributed by atoms with Gasteiger partial charge in [-0.15, -0.1) is 0 Å². The highest BCUT2D eigenvalue weighted by atomic mass is 32.2. The summed E-state index contributed by atoms with van der Waals surface area (Å²) in [4.78, 5) is 13.9. The molecule has 2 aliphatic rings. The number of methoxy groups -OCH3 is 1. The van der Waals surface area contributed by atoms with Gasteiger partial charge in [0, 0.05) is 30.6 Å². The van der Waals surface area contributed by atoms with Crippen molar-refractivity contribution in [3.8, 4) is 5.75 Å². The molecular weight excluding hydrogens is 394 g/mol. The summed E-state index contributed by atoms with van der Waals surface area (Å²) >= 11 is 0. The first-order valence-electron chi connectivity index (χ1n) is 10.2. The Hall–Kier alpha value is -1.68. The molecule has 0 bridgehead atoms. The van der Waals surface area contributed by atoms with Crippen LogP contribution in [0.15, 0.2) is 23.1 Å². The third-order valence-corrected chi connectivity index (χ3v) is 7.44. The van der Waals surface area contributed by atoms with Crippen molar-refractivity contribution in [1.82, 2.24) is 4.31 Å². The molecule has 0 aliphatic carbocycles. The molecule has 2 N–H and O–H groups in total. The average Bonchev–Trinajstić information content (AvgIpc) is 2.67. The van der Waals surface area contributed by atoms with Crippen LogP contribution in [-0.2, 0) is 19.6 Å². The number of rotatable bonds is 6. The largest absolute Gasteiger partial charge is 0.495 e. The molecule has 1 aromatic carbocycles. The first kappa shape index (κ1) is 22.0. The average molecular weight is 427 g/mol. The molecule has 0 radical (unpaired) electrons. The maximum Gasteiger partial charge on any atom is 0.279 e. The predicted octanol–water partition coefficient (Wildman–Crippen LogP) is 0.215. The summed E-state index contributed by atoms with van der Waals surface area (Å²) in [5, 5.41) is 2.86. The molecule has 0 spiro atoms. The number of anilines is 1. The molecule has 2 aliphatic heterocycles. The summed E-state index contributed by atoms with van der Waals surface area (Å²) in [7, 11) is -2.29. The van der Waals surface area contributed by atoms with Crippen LogP contribution in [0, 0.1) is 11.8 Å². The van der Waals surface area contributed by atoms with Crippen molar-refractivity contribution in [3.63, 3.8) is 0 Å². The maximum atomic E-state index is 13.1. The highest BCUT2D eigenvalue weighted by Gasteiger charge is 2.30. The Labute approximate surface area is 173 Å². The van der Waals surface area contributed by atoms with E-state index in [-0.39, 0.29) is 16.6 Å². The zero-order chi connectivity index (χ0) is 21.0. The molecular formula is C20H32N3O5S+. The standard InChI is InChI=1S/C20H31N3O5S/c1-15-10-16(2)13-22(12-15)14-20(24)21-17-4-5-18(27-3)19(11-17)29(25,26)23-6-8-28-9-7-23/h4-5,11,15-16H,6-10,12-14H2,1-3H3,(H,21,24)/p+1/t15-,16-/m1/s1. The minimum atomic E-state index is -3.73. The Morgan fingerprint density at radius 2 is 1.90 bits per heavy atom. The summed E-state index contributed by atoms with van der Waals surface area (Å²) < 4.78 is 38.1. The molecule has 0 saturated carbocycles. The number of morpholine rings is 1. The second kappa shape index (κ2) is 9.42. The van der Waals surface area contributed by atoms with Crippen LogP contribution >= 0.6 is 0 Å². The van der Waals surface area contributed by atoms with Gasteiger partial charge >= 0.3 is 0 Å². The number of nitrogens with one attached hydrogen (secondary N) is 2. The van der Waals surface area contributed by atoms with Crippen LogP contribution in [0.1, 0.15) is 20.3 Å². The third kappa shape index (κ3) is 5.48. The van der Waals surface area contributed by atoms with Crippen LogP contribution in [0.5, 0.6) is 5.75 Å². The molecule has 29 heavy (non-hydrogen) atoms. The van der Waals surface area contributed by atoms with Gasteiger partial charge in [-0.1, -0.05) is 13.8 Å². The highest BCUT2D eigenvalue weighted by molar-refractivity contribution is 7.89. The van der Waals surface area contributed by atoms with E-state index < -0.39 is 10.0 Å². The monoisotopic (exact) mass is 426 g/mol. The van der Waals surface area contributed by atoms with E-state index in [2.05, 4.69) is 19.2 Å². The van der Waals surface area contributed by atoms with Crippen LogP contribution in [0.3, 0.4) is 0 Å². The smallest absolute Gasteiger partial charge is 0.279 e. The van der Waals surface area contributed by atoms with Crippen molar-refractivity contribution in [3.05, 3.63) is 18.2 Å². The Balaban J connectivity index is 1.73. The second-order valence-corrected chi connectivity index (χ2v) is 10.1. The summed E-state index contributed by atoms with van der Waals surface area (Å²) in [6.07, 6.45) is 1.20. The predicted molar refractivity (Wildman–Crippen MR) is 110 cm³/mol. The van der Waals surface area contributed by atoms with Crippen LogP contribution in [-0.4, -0.2) is 71.7 Å². The number of nitrogens with zero attached hydrogens (tertiary/aromatic N) is 1. The number of sulfonamides is 1. The second-order valence-electron chi connectivity index (χ2n) is 8.21. The van der Waals surface area contributed by atoms with Crippen molar-refractivity contribution in [2.45, 2.75) is 25.2 Å². The van der Waals surface area contributed by atoms with Crippen LogP contribution in [0.2, 0.25) is 0 Å². The van der Waals surface area contributed by atoms with Gasteiger partial charge in [-0.25, -0.2) is 8.42 Å². The van der Waals surface area contributed by atoms with Gasteiger partial charge in [0.1, 0.15) is 10.6 Å². The van der Waals surface area contributed by atoms with Gasteiger partial charge in [0.15, 0.2) is 6.54 Å². The first-order chi connectivity index (χ1) is 13.8. The fourth-order valence-electron chi connectivity index (χ4n) is 4.38. The van der Waals surface area contributed by atoms with E-state index in [0.29, 0.717) is 50.4 Å². The van der Waals surface area contributed by atoms with E-state index in [1.165, 1.54) is 28.8 Å². The van der Waals surface area contributed by atoms with Gasteiger partial charge in [-0.05, 0) is 24.6 Å². The third-order valence-electron chi connectivity index (χ3n) is 5.52. The zero-order valence-corrected chi connectivity index (χ0v) is 18.3. The molecule has 2 saturated heterocycles. The molecule has 8 nitrogen and oxygen atoms in total. The Morgan fingerprint density at radius 1 is 1.24 bits per heavy atom. The number of quaternary nitrogens is 1. The number of hydrogen-bond donors (Lipinski definition) is 2. The number of likely N-dealkylation sites (tertiary alicyclic amines) is 1. The highest BCUT2D eigenvalue weighted by Crippen LogP contribution is 2.30. The molecule has 0 aromatic heterocycles. The number of ether oxygens (including phenoxy) is 2. The van der Waals surface area contributed by atoms with Gasteiger partial charge in [0.2, 0.25) is 10.0 Å². The van der Waals surface area contributed by atoms with Crippen LogP contribution in [0.4, 0.5) is 5.69 Å². The number of benzene rings is 1. The topological polar surface area (TPSA) is 89.4 Å². The van der Waals surface area contributed by atoms with E-state index in [0.717, 1.165) is 13.1 Å². The Bertz CT molecular complexity index is 813. The molecule has 1 amide bonds. The van der Waals surface area contributed by atoms with E-state index in [1.807, 2.05) is 0 Å². The van der Waals surface area contributed by atoms with Crippen molar-refractivity contribution in [2.75, 3.05) is 58.4 Å². The van der Waals surface area contributed by atoms with E-state index in [9.17, 15) is 13.2 Å². The molecule has 3 rings (SSSR count). The minimum absolute atomic E-state index is 0.0623. The number of amides is 1. The molecule has 9 heteroatoms. The maximum absolute atomic E-state index is 13.1. The molecule has 2 fully saturated rings. The number of piperidine rings is 1. The lowest BCUT2D eigenvalue weighted by Crippen LogP contribution is -3.15. The van der Waals surface area contributed by atoms with Crippen molar-refractivity contribution >= 4 is 21.6 Å². The lowest BCUT2D eigenvalue weighted by molar-refractivity contribution is -0.904. The SMILES string of the molecule is COc1ccc(NC(=O)C[NH+]2C[C@H](C)C[C@@H](C)C2)cc1S(=O)(=O)N1CCOCC1. The van der Waals surface area contributed by atoms with Crippen molar-refractivity contribution < 1.29 is 27.6 Å². The van der Waals surface area contributed by atoms with Gasteiger partial charge in [0.25, 0.3) is 5.91 Å². The van der Waals surface area contributed by atoms with Gasteiger partial charge < -0.3 is 19.7 Å². The van der Waals surface area contributed by atoms with Crippen LogP contribution in [0.25, 0.3) is 0 Å². The quantitative estimate of drug-likeness (QED) is 0.679. The first-order valence-corrected chi connectivity index (χ1v) is 11.6. The minimum Gasteiger partial charge on any atom is -0.495 e. The van der Waals surface area contributed by atoms with E-state index >= 15 is 0 Å². The molecule has 0 unspecified atom stereocenters. The van der Waals surface area contributed by atoms with Gasteiger partial charge in [-0.2, -0.15) is 4.31 Å². The fourth-order valence-corrected chi connectivity index (χ4v) is 5.97. The zero-order valence-electron chi connectivity index (χ0n) is 17.4. The number of hydrogen-bond acceptors (Lipinski definition) is 5. The van der Waals surface area contributed by atoms with Crippen LogP contribution < -0.4 is 15.0 Å². The molecule has 1 aromatic rings. The Morgan fingerprint density at radius 3 is 2.52 bits per heavy atom. The summed E-state index contributed by atoms with van der Waals surface area (Å²) in [5.41, 5.74) is 0.458. The summed E-state index contributed by atoms with van der Waals surface area (Å²) in [6.45, 7) is 8.13. The molecule has 162 valence electrons. The fraction of sp³-hybridized carbons (Fsp3) is 0.650. The summed E-state index contributed by atoms with van der Waals surface area (Å²) in [5.74, 6) is 1.36. The number of carbonyl (C=O) groups is 1. The number of carbonyl (C=O) groups excluding carboxylic acids is 1. The summed E-state index contributed by atoms with van der Waals surface area (Å²) in [6, 6.07) is 4.74.